The molecule has 0 N–H and O–H groups in total. The van der Waals surface area contributed by atoms with Crippen molar-refractivity contribution >= 4 is 21.4 Å². The molecule has 1 aliphatic heterocycles. The second-order valence-corrected chi connectivity index (χ2v) is 8.24. The average molecular weight is 352 g/mol. The van der Waals surface area contributed by atoms with Gasteiger partial charge in [0.2, 0.25) is 5.91 Å². The van der Waals surface area contributed by atoms with E-state index < -0.39 is 9.84 Å². The monoisotopic (exact) mass is 352 g/mol. The van der Waals surface area contributed by atoms with Crippen LogP contribution < -0.4 is 5.69 Å². The Morgan fingerprint density at radius 2 is 2.21 bits per heavy atom. The van der Waals surface area contributed by atoms with E-state index in [1.807, 2.05) is 6.92 Å². The molecule has 1 saturated heterocycles. The van der Waals surface area contributed by atoms with Crippen molar-refractivity contribution in [3.8, 4) is 0 Å². The van der Waals surface area contributed by atoms with E-state index in [0.29, 0.717) is 18.6 Å². The van der Waals surface area contributed by atoms with E-state index in [1.165, 1.54) is 4.40 Å². The summed E-state index contributed by atoms with van der Waals surface area (Å²) in [6.45, 7) is 2.22. The highest BCUT2D eigenvalue weighted by Crippen LogP contribution is 2.18. The summed E-state index contributed by atoms with van der Waals surface area (Å²) in [7, 11) is -3.08. The Bertz CT molecular complexity index is 915. The van der Waals surface area contributed by atoms with Gasteiger partial charge in [0.1, 0.15) is 6.54 Å². The Balaban J connectivity index is 1.82. The third kappa shape index (κ3) is 3.21. The number of amides is 1. The third-order valence-corrected chi connectivity index (χ3v) is 5.96. The van der Waals surface area contributed by atoms with Crippen molar-refractivity contribution in [2.45, 2.75) is 32.4 Å². The van der Waals surface area contributed by atoms with E-state index in [-0.39, 0.29) is 35.7 Å². The Morgan fingerprint density at radius 1 is 1.42 bits per heavy atom. The number of sulfone groups is 1. The van der Waals surface area contributed by atoms with Gasteiger partial charge in [-0.15, -0.1) is 5.10 Å². The highest BCUT2D eigenvalue weighted by atomic mass is 32.2. The highest BCUT2D eigenvalue weighted by molar-refractivity contribution is 7.91. The maximum absolute atomic E-state index is 12.7. The molecule has 8 nitrogen and oxygen atoms in total. The summed E-state index contributed by atoms with van der Waals surface area (Å²) < 4.78 is 25.9. The number of fused-ring (bicyclic) bond motifs is 1. The van der Waals surface area contributed by atoms with Gasteiger partial charge in [0, 0.05) is 18.8 Å². The van der Waals surface area contributed by atoms with Crippen molar-refractivity contribution in [3.63, 3.8) is 0 Å². The lowest BCUT2D eigenvalue weighted by atomic mass is 10.2. The van der Waals surface area contributed by atoms with Crippen LogP contribution in [0, 0.1) is 0 Å². The molecular formula is C15H20N4O4S. The van der Waals surface area contributed by atoms with Gasteiger partial charge < -0.3 is 4.90 Å². The Hall–Kier alpha value is -2.16. The van der Waals surface area contributed by atoms with Crippen molar-refractivity contribution in [1.82, 2.24) is 19.1 Å². The number of rotatable bonds is 5. The zero-order valence-electron chi connectivity index (χ0n) is 13.5. The van der Waals surface area contributed by atoms with Crippen LogP contribution in [0.2, 0.25) is 0 Å². The molecular weight excluding hydrogens is 332 g/mol. The molecule has 0 spiro atoms. The minimum Gasteiger partial charge on any atom is -0.337 e. The van der Waals surface area contributed by atoms with E-state index in [0.717, 1.165) is 11.1 Å². The largest absolute Gasteiger partial charge is 0.350 e. The van der Waals surface area contributed by atoms with Crippen molar-refractivity contribution in [2.75, 3.05) is 18.1 Å². The molecule has 1 fully saturated rings. The number of aromatic nitrogens is 3. The van der Waals surface area contributed by atoms with Gasteiger partial charge >= 0.3 is 5.69 Å². The summed E-state index contributed by atoms with van der Waals surface area (Å²) in [5.41, 5.74) is 0.0928. The summed E-state index contributed by atoms with van der Waals surface area (Å²) in [5, 5.41) is 4.15. The van der Waals surface area contributed by atoms with Crippen LogP contribution >= 0.6 is 0 Å². The van der Waals surface area contributed by atoms with Gasteiger partial charge in [-0.05, 0) is 25.0 Å². The molecule has 0 aromatic carbocycles. The molecule has 3 heterocycles. The van der Waals surface area contributed by atoms with Crippen LogP contribution in [0.1, 0.15) is 19.8 Å². The van der Waals surface area contributed by atoms with Gasteiger partial charge in [0.25, 0.3) is 0 Å². The van der Waals surface area contributed by atoms with E-state index in [2.05, 4.69) is 5.10 Å². The normalized spacial score (nSPS) is 19.6. The lowest BCUT2D eigenvalue weighted by Gasteiger charge is -2.27. The first-order chi connectivity index (χ1) is 11.4. The third-order valence-electron chi connectivity index (χ3n) is 4.21. The Kier molecular flexibility index (Phi) is 4.44. The summed E-state index contributed by atoms with van der Waals surface area (Å²) in [5.74, 6) is -0.164. The van der Waals surface area contributed by atoms with E-state index >= 15 is 0 Å². The molecule has 1 aliphatic rings. The number of carbonyl (C=O) groups is 1. The van der Waals surface area contributed by atoms with Crippen LogP contribution in [0.5, 0.6) is 0 Å². The fraction of sp³-hybridized carbons (Fsp3) is 0.533. The highest BCUT2D eigenvalue weighted by Gasteiger charge is 2.34. The first-order valence-corrected chi connectivity index (χ1v) is 9.77. The number of hydrogen-bond acceptors (Lipinski definition) is 5. The summed E-state index contributed by atoms with van der Waals surface area (Å²) >= 11 is 0. The molecule has 2 aromatic heterocycles. The number of nitrogens with zero attached hydrogens (tertiary/aromatic N) is 4. The smallest absolute Gasteiger partial charge is 0.337 e. The van der Waals surface area contributed by atoms with Crippen molar-refractivity contribution in [2.24, 2.45) is 0 Å². The second kappa shape index (κ2) is 6.39. The minimum atomic E-state index is -3.08. The number of carbonyl (C=O) groups excluding carboxylic acids is 1. The summed E-state index contributed by atoms with van der Waals surface area (Å²) in [6.07, 6.45) is 2.77. The van der Waals surface area contributed by atoms with E-state index in [1.54, 1.807) is 29.3 Å². The van der Waals surface area contributed by atoms with Gasteiger partial charge in [-0.3, -0.25) is 9.20 Å². The molecule has 0 aliphatic carbocycles. The summed E-state index contributed by atoms with van der Waals surface area (Å²) in [6, 6.07) is 4.86. The fourth-order valence-electron chi connectivity index (χ4n) is 3.06. The zero-order chi connectivity index (χ0) is 17.3. The van der Waals surface area contributed by atoms with Crippen molar-refractivity contribution in [3.05, 3.63) is 34.9 Å². The molecule has 2 aromatic rings. The number of hydrogen-bond donors (Lipinski definition) is 0. The van der Waals surface area contributed by atoms with Crippen LogP contribution in [-0.2, 0) is 21.2 Å². The topological polar surface area (TPSA) is 93.8 Å². The van der Waals surface area contributed by atoms with Crippen LogP contribution in [0.3, 0.4) is 0 Å². The lowest BCUT2D eigenvalue weighted by Crippen LogP contribution is -2.44. The SMILES string of the molecule is CCCN(C(=O)Cn1nc2ccccn2c1=O)C1CCS(=O)(=O)C1. The molecule has 130 valence electrons. The van der Waals surface area contributed by atoms with Gasteiger partial charge in [0.15, 0.2) is 15.5 Å². The first-order valence-electron chi connectivity index (χ1n) is 7.95. The fourth-order valence-corrected chi connectivity index (χ4v) is 4.79. The maximum atomic E-state index is 12.7. The van der Waals surface area contributed by atoms with Gasteiger partial charge in [-0.1, -0.05) is 13.0 Å². The van der Waals surface area contributed by atoms with Crippen LogP contribution in [0.4, 0.5) is 0 Å². The van der Waals surface area contributed by atoms with E-state index in [9.17, 15) is 18.0 Å². The zero-order valence-corrected chi connectivity index (χ0v) is 14.3. The Labute approximate surface area is 139 Å². The van der Waals surface area contributed by atoms with Crippen LogP contribution in [-0.4, -0.2) is 57.5 Å². The maximum Gasteiger partial charge on any atom is 0.350 e. The Morgan fingerprint density at radius 3 is 2.83 bits per heavy atom. The molecule has 1 unspecified atom stereocenters. The van der Waals surface area contributed by atoms with Gasteiger partial charge in [-0.2, -0.15) is 0 Å². The van der Waals surface area contributed by atoms with Gasteiger partial charge in [0.05, 0.1) is 11.5 Å². The molecule has 0 bridgehead atoms. The van der Waals surface area contributed by atoms with Crippen LogP contribution in [0.15, 0.2) is 29.2 Å². The van der Waals surface area contributed by atoms with Crippen molar-refractivity contribution < 1.29 is 13.2 Å². The summed E-state index contributed by atoms with van der Waals surface area (Å²) in [4.78, 5) is 26.5. The molecule has 0 saturated carbocycles. The predicted octanol–water partition coefficient (Wildman–Crippen LogP) is -0.0783. The minimum absolute atomic E-state index is 0.00119. The standard InChI is InChI=1S/C15H20N4O4S/c1-2-7-17(12-6-9-24(22,23)11-12)14(20)10-19-15(21)18-8-4-3-5-13(18)16-19/h3-5,8,12H,2,6-7,9-11H2,1H3. The lowest BCUT2D eigenvalue weighted by molar-refractivity contribution is -0.134. The molecule has 1 atom stereocenters. The molecule has 0 radical (unpaired) electrons. The molecule has 3 rings (SSSR count). The molecule has 9 heteroatoms. The second-order valence-electron chi connectivity index (χ2n) is 6.01. The van der Waals surface area contributed by atoms with Crippen LogP contribution in [0.25, 0.3) is 5.65 Å². The predicted molar refractivity (Wildman–Crippen MR) is 88.5 cm³/mol. The number of pyridine rings is 1. The first kappa shape index (κ1) is 16.7. The van der Waals surface area contributed by atoms with Crippen molar-refractivity contribution in [1.29, 1.82) is 0 Å². The quantitative estimate of drug-likeness (QED) is 0.750. The average Bonchev–Trinajstić information content (AvgIpc) is 3.05. The molecule has 24 heavy (non-hydrogen) atoms. The van der Waals surface area contributed by atoms with Gasteiger partial charge in [-0.25, -0.2) is 17.9 Å². The molecule has 1 amide bonds. The van der Waals surface area contributed by atoms with E-state index in [4.69, 9.17) is 0 Å².